The van der Waals surface area contributed by atoms with E-state index in [4.69, 9.17) is 26.3 Å². The van der Waals surface area contributed by atoms with Gasteiger partial charge in [-0.3, -0.25) is 4.90 Å². The van der Waals surface area contributed by atoms with Gasteiger partial charge in [0, 0.05) is 43.7 Å². The highest BCUT2D eigenvalue weighted by atomic mass is 35.5. The Kier molecular flexibility index (Phi) is 4.91. The van der Waals surface area contributed by atoms with E-state index in [1.807, 2.05) is 12.1 Å². The number of unbranched alkanes of at least 4 members (excludes halogenated alkanes) is 1. The van der Waals surface area contributed by atoms with Crippen molar-refractivity contribution >= 4 is 17.3 Å². The zero-order valence-electron chi connectivity index (χ0n) is 12.6. The molecule has 0 bridgehead atoms. The molecule has 5 nitrogen and oxygen atoms in total. The fraction of sp³-hybridized carbons (Fsp3) is 0.562. The van der Waals surface area contributed by atoms with Crippen LogP contribution in [0.4, 0.5) is 5.69 Å². The molecular weight excluding hydrogens is 302 g/mol. The number of halogens is 1. The van der Waals surface area contributed by atoms with Gasteiger partial charge in [-0.15, -0.1) is 0 Å². The molecule has 0 spiro atoms. The first-order chi connectivity index (χ1) is 10.8. The van der Waals surface area contributed by atoms with E-state index in [1.54, 1.807) is 0 Å². The molecule has 0 unspecified atom stereocenters. The minimum absolute atomic E-state index is 0.569. The maximum Gasteiger partial charge on any atom is 0.184 e. The molecule has 1 fully saturated rings. The van der Waals surface area contributed by atoms with Gasteiger partial charge in [-0.05, 0) is 19.0 Å². The smallest absolute Gasteiger partial charge is 0.184 e. The quantitative estimate of drug-likeness (QED) is 0.798. The van der Waals surface area contributed by atoms with Crippen LogP contribution in [0.5, 0.6) is 11.5 Å². The van der Waals surface area contributed by atoms with Gasteiger partial charge in [0.15, 0.2) is 11.5 Å². The van der Waals surface area contributed by atoms with E-state index in [2.05, 4.69) is 15.9 Å². The number of nitrogens with zero attached hydrogens (tertiary/aromatic N) is 3. The number of hydrogen-bond acceptors (Lipinski definition) is 5. The minimum atomic E-state index is 0.569. The Bertz CT molecular complexity index is 565. The molecule has 0 radical (unpaired) electrons. The van der Waals surface area contributed by atoms with Gasteiger partial charge in [0.25, 0.3) is 0 Å². The normalized spacial score (nSPS) is 18.1. The lowest BCUT2D eigenvalue weighted by molar-refractivity contribution is 0.171. The summed E-state index contributed by atoms with van der Waals surface area (Å²) >= 11 is 6.21. The van der Waals surface area contributed by atoms with E-state index < -0.39 is 0 Å². The number of nitriles is 1. The second-order valence-electron chi connectivity index (χ2n) is 5.54. The maximum absolute atomic E-state index is 8.61. The minimum Gasteiger partial charge on any atom is -0.486 e. The van der Waals surface area contributed by atoms with Crippen LogP contribution in [0.1, 0.15) is 12.8 Å². The lowest BCUT2D eigenvalue weighted by atomic mass is 10.2. The first-order valence-electron chi connectivity index (χ1n) is 7.71. The van der Waals surface area contributed by atoms with Crippen molar-refractivity contribution in [1.82, 2.24) is 4.90 Å². The summed E-state index contributed by atoms with van der Waals surface area (Å²) in [5, 5.41) is 9.29. The Labute approximate surface area is 136 Å². The number of rotatable bonds is 4. The average Bonchev–Trinajstić information content (AvgIpc) is 2.55. The van der Waals surface area contributed by atoms with Gasteiger partial charge >= 0.3 is 0 Å². The third-order valence-electron chi connectivity index (χ3n) is 4.06. The summed E-state index contributed by atoms with van der Waals surface area (Å²) in [7, 11) is 0. The standard InChI is InChI=1S/C16H20ClN3O2/c17-13-11-14(16-15(12-13)21-9-10-22-16)20-7-5-19(6-8-20)4-2-1-3-18/h11-12H,1-2,4-10H2. The highest BCUT2D eigenvalue weighted by molar-refractivity contribution is 6.31. The summed E-state index contributed by atoms with van der Waals surface area (Å²) in [5.41, 5.74) is 1.03. The number of ether oxygens (including phenoxy) is 2. The molecule has 0 N–H and O–H groups in total. The molecule has 0 aromatic heterocycles. The summed E-state index contributed by atoms with van der Waals surface area (Å²) in [6.45, 7) is 6.00. The van der Waals surface area contributed by atoms with Crippen LogP contribution in [-0.2, 0) is 0 Å². The van der Waals surface area contributed by atoms with Crippen molar-refractivity contribution in [1.29, 1.82) is 5.26 Å². The van der Waals surface area contributed by atoms with E-state index in [-0.39, 0.29) is 0 Å². The Morgan fingerprint density at radius 3 is 2.68 bits per heavy atom. The van der Waals surface area contributed by atoms with Crippen molar-refractivity contribution in [3.63, 3.8) is 0 Å². The SMILES string of the molecule is N#CCCCN1CCN(c2cc(Cl)cc3c2OCCO3)CC1. The molecule has 0 saturated carbocycles. The third-order valence-corrected chi connectivity index (χ3v) is 4.28. The molecule has 6 heteroatoms. The van der Waals surface area contributed by atoms with Gasteiger partial charge in [0.2, 0.25) is 0 Å². The molecule has 2 aliphatic heterocycles. The maximum atomic E-state index is 8.61. The second kappa shape index (κ2) is 7.08. The van der Waals surface area contributed by atoms with Crippen LogP contribution >= 0.6 is 11.6 Å². The molecule has 0 aliphatic carbocycles. The molecule has 1 saturated heterocycles. The second-order valence-corrected chi connectivity index (χ2v) is 5.98. The predicted molar refractivity (Wildman–Crippen MR) is 85.9 cm³/mol. The number of fused-ring (bicyclic) bond motifs is 1. The first-order valence-corrected chi connectivity index (χ1v) is 8.09. The zero-order valence-corrected chi connectivity index (χ0v) is 13.3. The van der Waals surface area contributed by atoms with Crippen LogP contribution in [0.3, 0.4) is 0 Å². The van der Waals surface area contributed by atoms with Crippen LogP contribution in [0.2, 0.25) is 5.02 Å². The average molecular weight is 322 g/mol. The van der Waals surface area contributed by atoms with Crippen LogP contribution in [0, 0.1) is 11.3 Å². The lowest BCUT2D eigenvalue weighted by Gasteiger charge is -2.37. The summed E-state index contributed by atoms with van der Waals surface area (Å²) in [5.74, 6) is 1.55. The largest absolute Gasteiger partial charge is 0.486 e. The molecule has 0 atom stereocenters. The van der Waals surface area contributed by atoms with E-state index >= 15 is 0 Å². The summed E-state index contributed by atoms with van der Waals surface area (Å²) in [6, 6.07) is 5.98. The highest BCUT2D eigenvalue weighted by Gasteiger charge is 2.24. The van der Waals surface area contributed by atoms with E-state index in [9.17, 15) is 0 Å². The van der Waals surface area contributed by atoms with Crippen LogP contribution < -0.4 is 14.4 Å². The van der Waals surface area contributed by atoms with Crippen molar-refractivity contribution in [3.05, 3.63) is 17.2 Å². The first kappa shape index (κ1) is 15.3. The molecule has 1 aromatic carbocycles. The summed E-state index contributed by atoms with van der Waals surface area (Å²) in [6.07, 6.45) is 1.58. The molecular formula is C16H20ClN3O2. The molecule has 3 rings (SSSR count). The predicted octanol–water partition coefficient (Wildman–Crippen LogP) is 2.54. The lowest BCUT2D eigenvalue weighted by Crippen LogP contribution is -2.46. The van der Waals surface area contributed by atoms with Crippen molar-refractivity contribution < 1.29 is 9.47 Å². The van der Waals surface area contributed by atoms with Crippen LogP contribution in [0.25, 0.3) is 0 Å². The number of hydrogen-bond donors (Lipinski definition) is 0. The fourth-order valence-corrected chi connectivity index (χ4v) is 3.13. The number of anilines is 1. The van der Waals surface area contributed by atoms with E-state index in [0.717, 1.165) is 56.3 Å². The van der Waals surface area contributed by atoms with Crippen molar-refractivity contribution in [2.24, 2.45) is 0 Å². The highest BCUT2D eigenvalue weighted by Crippen LogP contribution is 2.42. The molecule has 118 valence electrons. The van der Waals surface area contributed by atoms with Crippen LogP contribution in [-0.4, -0.2) is 50.8 Å². The van der Waals surface area contributed by atoms with Gasteiger partial charge in [-0.1, -0.05) is 11.6 Å². The number of piperazine rings is 1. The Balaban J connectivity index is 1.66. The Hall–Kier alpha value is -1.64. The van der Waals surface area contributed by atoms with E-state index in [0.29, 0.717) is 24.7 Å². The molecule has 1 aromatic rings. The molecule has 22 heavy (non-hydrogen) atoms. The van der Waals surface area contributed by atoms with Crippen molar-refractivity contribution in [3.8, 4) is 17.6 Å². The topological polar surface area (TPSA) is 48.7 Å². The van der Waals surface area contributed by atoms with E-state index in [1.165, 1.54) is 0 Å². The van der Waals surface area contributed by atoms with Gasteiger partial charge < -0.3 is 14.4 Å². The number of benzene rings is 1. The third kappa shape index (κ3) is 3.40. The molecule has 2 aliphatic rings. The fourth-order valence-electron chi connectivity index (χ4n) is 2.93. The Morgan fingerprint density at radius 2 is 1.91 bits per heavy atom. The van der Waals surface area contributed by atoms with Crippen molar-refractivity contribution in [2.45, 2.75) is 12.8 Å². The summed E-state index contributed by atoms with van der Waals surface area (Å²) in [4.78, 5) is 4.71. The Morgan fingerprint density at radius 1 is 1.14 bits per heavy atom. The van der Waals surface area contributed by atoms with Gasteiger partial charge in [-0.25, -0.2) is 0 Å². The van der Waals surface area contributed by atoms with Gasteiger partial charge in [-0.2, -0.15) is 5.26 Å². The summed E-state index contributed by atoms with van der Waals surface area (Å²) < 4.78 is 11.4. The van der Waals surface area contributed by atoms with Crippen LogP contribution in [0.15, 0.2) is 12.1 Å². The zero-order chi connectivity index (χ0) is 15.4. The monoisotopic (exact) mass is 321 g/mol. The molecule has 2 heterocycles. The van der Waals surface area contributed by atoms with Gasteiger partial charge in [0.1, 0.15) is 13.2 Å². The van der Waals surface area contributed by atoms with Crippen molar-refractivity contribution in [2.75, 3.05) is 50.8 Å². The van der Waals surface area contributed by atoms with Gasteiger partial charge in [0.05, 0.1) is 11.8 Å². The molecule has 0 amide bonds.